The number of fused-ring (bicyclic) bond motifs is 1. The molecule has 1 N–H and O–H groups in total. The van der Waals surface area contributed by atoms with Gasteiger partial charge in [0.1, 0.15) is 0 Å². The van der Waals surface area contributed by atoms with Crippen LogP contribution in [0.15, 0.2) is 18.2 Å². The number of nitrogens with zero attached hydrogens (tertiary/aromatic N) is 2. The van der Waals surface area contributed by atoms with Crippen LogP contribution in [0.1, 0.15) is 6.42 Å². The van der Waals surface area contributed by atoms with Crippen LogP contribution < -0.4 is 19.9 Å². The summed E-state index contributed by atoms with van der Waals surface area (Å²) in [5, 5.41) is 3.35. The zero-order chi connectivity index (χ0) is 13.2. The topological polar surface area (TPSA) is 44.8 Å². The number of carbonyl (C=O) groups excluding carboxylic acids is 1. The second-order valence-corrected chi connectivity index (χ2v) is 4.91. The first-order valence-electron chi connectivity index (χ1n) is 6.75. The smallest absolute Gasteiger partial charge is 0.230 e. The average Bonchev–Trinajstić information content (AvgIpc) is 2.60. The average molecular weight is 261 g/mol. The number of para-hydroxylation sites is 1. The lowest BCUT2D eigenvalue weighted by molar-refractivity contribution is -0.118. The molecule has 102 valence electrons. The van der Waals surface area contributed by atoms with Crippen LogP contribution >= 0.6 is 0 Å². The van der Waals surface area contributed by atoms with E-state index in [0.29, 0.717) is 13.0 Å². The monoisotopic (exact) mass is 261 g/mol. The van der Waals surface area contributed by atoms with E-state index < -0.39 is 0 Å². The Morgan fingerprint density at radius 3 is 2.74 bits per heavy atom. The van der Waals surface area contributed by atoms with Gasteiger partial charge in [-0.05, 0) is 12.1 Å². The van der Waals surface area contributed by atoms with Crippen LogP contribution in [0.4, 0.5) is 11.4 Å². The largest absolute Gasteiger partial charge is 0.489 e. The summed E-state index contributed by atoms with van der Waals surface area (Å²) in [5.41, 5.74) is 1.97. The van der Waals surface area contributed by atoms with Gasteiger partial charge in [-0.15, -0.1) is 0 Å². The Bertz CT molecular complexity index is 484. The van der Waals surface area contributed by atoms with E-state index >= 15 is 0 Å². The molecule has 0 radical (unpaired) electrons. The molecule has 3 rings (SSSR count). The lowest BCUT2D eigenvalue weighted by Crippen LogP contribution is -2.43. The van der Waals surface area contributed by atoms with E-state index in [-0.39, 0.29) is 5.91 Å². The number of ether oxygens (including phenoxy) is 1. The van der Waals surface area contributed by atoms with Crippen LogP contribution in [0.25, 0.3) is 0 Å². The standard InChI is InChI=1S/C14H19N3O2/c1-16-11-3-2-4-12(17-8-6-15-7-9-17)14(11)19-10-5-13(16)18/h2-4,15H,5-10H2,1H3. The van der Waals surface area contributed by atoms with Crippen LogP contribution in [0.3, 0.4) is 0 Å². The molecule has 1 aromatic carbocycles. The maximum absolute atomic E-state index is 11.9. The third kappa shape index (κ3) is 2.26. The molecule has 2 aliphatic rings. The number of carbonyl (C=O) groups is 1. The molecule has 1 amide bonds. The van der Waals surface area contributed by atoms with Crippen LogP contribution in [-0.4, -0.2) is 45.7 Å². The number of hydrogen-bond acceptors (Lipinski definition) is 4. The molecule has 2 aliphatic heterocycles. The fraction of sp³-hybridized carbons (Fsp3) is 0.500. The molecule has 0 saturated carbocycles. The summed E-state index contributed by atoms with van der Waals surface area (Å²) in [4.78, 5) is 15.9. The highest BCUT2D eigenvalue weighted by molar-refractivity contribution is 5.96. The first-order valence-corrected chi connectivity index (χ1v) is 6.75. The van der Waals surface area contributed by atoms with E-state index in [0.717, 1.165) is 43.3 Å². The second kappa shape index (κ2) is 5.09. The van der Waals surface area contributed by atoms with Crippen molar-refractivity contribution in [3.05, 3.63) is 18.2 Å². The lowest BCUT2D eigenvalue weighted by atomic mass is 10.2. The molecule has 5 nitrogen and oxygen atoms in total. The maximum atomic E-state index is 11.9. The predicted octanol–water partition coefficient (Wildman–Crippen LogP) is 0.842. The van der Waals surface area contributed by atoms with Crippen molar-refractivity contribution in [3.8, 4) is 5.75 Å². The molecule has 19 heavy (non-hydrogen) atoms. The summed E-state index contributed by atoms with van der Waals surface area (Å²) in [6.45, 7) is 4.37. The first kappa shape index (κ1) is 12.3. The molecule has 5 heteroatoms. The summed E-state index contributed by atoms with van der Waals surface area (Å²) in [6.07, 6.45) is 0.437. The number of benzene rings is 1. The fourth-order valence-electron chi connectivity index (χ4n) is 2.62. The van der Waals surface area contributed by atoms with Gasteiger partial charge in [-0.1, -0.05) is 6.07 Å². The highest BCUT2D eigenvalue weighted by Gasteiger charge is 2.24. The van der Waals surface area contributed by atoms with Crippen LogP contribution in [-0.2, 0) is 4.79 Å². The molecule has 0 atom stereocenters. The van der Waals surface area contributed by atoms with Crippen LogP contribution in [0.2, 0.25) is 0 Å². The minimum Gasteiger partial charge on any atom is -0.489 e. The van der Waals surface area contributed by atoms with Gasteiger partial charge >= 0.3 is 0 Å². The molecule has 0 aliphatic carbocycles. The van der Waals surface area contributed by atoms with Crippen molar-refractivity contribution in [1.29, 1.82) is 0 Å². The molecule has 0 unspecified atom stereocenters. The summed E-state index contributed by atoms with van der Waals surface area (Å²) in [6, 6.07) is 6.02. The van der Waals surface area contributed by atoms with Crippen molar-refractivity contribution in [2.24, 2.45) is 0 Å². The Morgan fingerprint density at radius 1 is 1.21 bits per heavy atom. The van der Waals surface area contributed by atoms with Crippen LogP contribution in [0, 0.1) is 0 Å². The van der Waals surface area contributed by atoms with Gasteiger partial charge in [-0.25, -0.2) is 0 Å². The molecule has 0 spiro atoms. The first-order chi connectivity index (χ1) is 9.27. The zero-order valence-electron chi connectivity index (χ0n) is 11.2. The Hall–Kier alpha value is -1.75. The van der Waals surface area contributed by atoms with Crippen molar-refractivity contribution in [2.45, 2.75) is 6.42 Å². The number of piperazine rings is 1. The number of anilines is 2. The van der Waals surface area contributed by atoms with Crippen molar-refractivity contribution in [2.75, 3.05) is 49.6 Å². The van der Waals surface area contributed by atoms with E-state index in [4.69, 9.17) is 4.74 Å². The van der Waals surface area contributed by atoms with Crippen molar-refractivity contribution >= 4 is 17.3 Å². The lowest BCUT2D eigenvalue weighted by Gasteiger charge is -2.31. The number of nitrogens with one attached hydrogen (secondary N) is 1. The van der Waals surface area contributed by atoms with Gasteiger partial charge in [0, 0.05) is 33.2 Å². The maximum Gasteiger partial charge on any atom is 0.230 e. The molecule has 0 bridgehead atoms. The highest BCUT2D eigenvalue weighted by atomic mass is 16.5. The van der Waals surface area contributed by atoms with E-state index in [1.165, 1.54) is 0 Å². The minimum atomic E-state index is 0.108. The molecule has 2 heterocycles. The van der Waals surface area contributed by atoms with E-state index in [2.05, 4.69) is 16.3 Å². The van der Waals surface area contributed by atoms with E-state index in [9.17, 15) is 4.79 Å². The molecular formula is C14H19N3O2. The quantitative estimate of drug-likeness (QED) is 0.814. The van der Waals surface area contributed by atoms with Gasteiger partial charge < -0.3 is 19.9 Å². The Balaban J connectivity index is 2.00. The van der Waals surface area contributed by atoms with Gasteiger partial charge in [0.25, 0.3) is 0 Å². The fourth-order valence-corrected chi connectivity index (χ4v) is 2.62. The summed E-state index contributed by atoms with van der Waals surface area (Å²) in [5.74, 6) is 0.953. The van der Waals surface area contributed by atoms with Gasteiger partial charge in [-0.2, -0.15) is 0 Å². The van der Waals surface area contributed by atoms with Gasteiger partial charge in [-0.3, -0.25) is 4.79 Å². The number of rotatable bonds is 1. The highest BCUT2D eigenvalue weighted by Crippen LogP contribution is 2.39. The molecule has 1 aromatic rings. The number of hydrogen-bond donors (Lipinski definition) is 1. The van der Waals surface area contributed by atoms with Crippen molar-refractivity contribution in [1.82, 2.24) is 5.32 Å². The summed E-state index contributed by atoms with van der Waals surface area (Å²) < 4.78 is 5.85. The zero-order valence-corrected chi connectivity index (χ0v) is 11.2. The van der Waals surface area contributed by atoms with Gasteiger partial charge in [0.15, 0.2) is 5.75 Å². The normalized spacial score (nSPS) is 19.7. The summed E-state index contributed by atoms with van der Waals surface area (Å²) >= 11 is 0. The third-order valence-corrected chi connectivity index (χ3v) is 3.73. The molecule has 1 saturated heterocycles. The van der Waals surface area contributed by atoms with Gasteiger partial charge in [0.2, 0.25) is 5.91 Å². The van der Waals surface area contributed by atoms with E-state index in [1.54, 1.807) is 4.90 Å². The second-order valence-electron chi connectivity index (χ2n) is 4.91. The Morgan fingerprint density at radius 2 is 1.95 bits per heavy atom. The third-order valence-electron chi connectivity index (χ3n) is 3.73. The Labute approximate surface area is 113 Å². The predicted molar refractivity (Wildman–Crippen MR) is 75.0 cm³/mol. The van der Waals surface area contributed by atoms with E-state index in [1.807, 2.05) is 19.2 Å². The summed E-state index contributed by atoms with van der Waals surface area (Å²) in [7, 11) is 1.82. The Kier molecular flexibility index (Phi) is 3.29. The van der Waals surface area contributed by atoms with Gasteiger partial charge in [0.05, 0.1) is 24.4 Å². The van der Waals surface area contributed by atoms with Crippen LogP contribution in [0.5, 0.6) is 5.75 Å². The number of amides is 1. The molecule has 0 aromatic heterocycles. The van der Waals surface area contributed by atoms with Crippen molar-refractivity contribution in [3.63, 3.8) is 0 Å². The SMILES string of the molecule is CN1C(=O)CCOc2c(N3CCNCC3)cccc21. The molecule has 1 fully saturated rings. The van der Waals surface area contributed by atoms with Crippen molar-refractivity contribution < 1.29 is 9.53 Å². The minimum absolute atomic E-state index is 0.108. The molecular weight excluding hydrogens is 242 g/mol.